The van der Waals surface area contributed by atoms with Crippen molar-refractivity contribution < 1.29 is 0 Å². The molecule has 3 rings (SSSR count). The normalized spacial score (nSPS) is 8.27. The molecule has 0 fully saturated rings. The molecule has 0 N–H and O–H groups in total. The summed E-state index contributed by atoms with van der Waals surface area (Å²) in [7, 11) is 0. The maximum Gasteiger partial charge on any atom is -0.00389 e. The van der Waals surface area contributed by atoms with Gasteiger partial charge in [0.05, 0.1) is 0 Å². The molecule has 0 saturated heterocycles. The van der Waals surface area contributed by atoms with Gasteiger partial charge in [-0.25, -0.2) is 0 Å². The Balaban J connectivity index is -0.000000313. The van der Waals surface area contributed by atoms with E-state index >= 15 is 0 Å². The fraction of sp³-hybridized carbons (Fsp3) is 0.455. The lowest BCUT2D eigenvalue weighted by Crippen LogP contribution is -1.76. The maximum absolute atomic E-state index is 2.18. The standard InChI is InChI=1S/C12H8.5C2H6/c1-3-9-4-2-6-11-8-7-10(5-1)12(9)11;5*1-2/h1-8H;5*1-2H3. The van der Waals surface area contributed by atoms with Gasteiger partial charge in [-0.15, -0.1) is 0 Å². The van der Waals surface area contributed by atoms with Crippen LogP contribution < -0.4 is 0 Å². The monoisotopic (exact) mass is 302 g/mol. The van der Waals surface area contributed by atoms with Crippen LogP contribution in [0.25, 0.3) is 22.9 Å². The first-order valence-electron chi connectivity index (χ1n) is 9.15. The van der Waals surface area contributed by atoms with E-state index in [1.165, 1.54) is 21.9 Å². The van der Waals surface area contributed by atoms with Gasteiger partial charge in [-0.1, -0.05) is 118 Å². The predicted octanol–water partition coefficient (Wildman–Crippen LogP) is 8.45. The molecule has 2 aromatic carbocycles. The molecule has 0 saturated carbocycles. The molecule has 1 aliphatic carbocycles. The second-order valence-electron chi connectivity index (χ2n) is 3.13. The van der Waals surface area contributed by atoms with E-state index in [1.807, 2.05) is 69.2 Å². The van der Waals surface area contributed by atoms with Crippen molar-refractivity contribution in [3.05, 3.63) is 47.5 Å². The third kappa shape index (κ3) is 7.45. The number of hydrogen-bond donors (Lipinski definition) is 0. The van der Waals surface area contributed by atoms with Gasteiger partial charge < -0.3 is 0 Å². The lowest BCUT2D eigenvalue weighted by molar-refractivity contribution is 1.50. The molecule has 0 aromatic heterocycles. The van der Waals surface area contributed by atoms with Crippen LogP contribution in [0.1, 0.15) is 80.4 Å². The van der Waals surface area contributed by atoms with Gasteiger partial charge in [0, 0.05) is 0 Å². The minimum absolute atomic E-state index is 1.34. The molecule has 0 amide bonds. The van der Waals surface area contributed by atoms with E-state index in [0.29, 0.717) is 0 Å². The van der Waals surface area contributed by atoms with Gasteiger partial charge in [0.1, 0.15) is 0 Å². The van der Waals surface area contributed by atoms with Gasteiger partial charge in [-0.3, -0.25) is 0 Å². The lowest BCUT2D eigenvalue weighted by Gasteiger charge is -1.99. The molecule has 0 unspecified atom stereocenters. The summed E-state index contributed by atoms with van der Waals surface area (Å²) in [4.78, 5) is 0. The summed E-state index contributed by atoms with van der Waals surface area (Å²) in [5.74, 6) is 0. The Kier molecular flexibility index (Phi) is 22.4. The third-order valence-electron chi connectivity index (χ3n) is 2.41. The van der Waals surface area contributed by atoms with E-state index in [4.69, 9.17) is 0 Å². The van der Waals surface area contributed by atoms with Gasteiger partial charge in [0.2, 0.25) is 0 Å². The van der Waals surface area contributed by atoms with Crippen LogP contribution >= 0.6 is 0 Å². The van der Waals surface area contributed by atoms with Crippen LogP contribution in [0, 0.1) is 0 Å². The number of rotatable bonds is 0. The fourth-order valence-corrected chi connectivity index (χ4v) is 1.86. The molecule has 0 heteroatoms. The zero-order valence-electron chi connectivity index (χ0n) is 16.6. The van der Waals surface area contributed by atoms with Gasteiger partial charge in [-0.2, -0.15) is 0 Å². The molecular formula is C22H38. The van der Waals surface area contributed by atoms with Crippen molar-refractivity contribution >= 4 is 22.9 Å². The first-order valence-corrected chi connectivity index (χ1v) is 9.15. The average Bonchev–Trinajstić information content (AvgIpc) is 3.09. The van der Waals surface area contributed by atoms with Crippen LogP contribution in [0.15, 0.2) is 36.4 Å². The Hall–Kier alpha value is -1.56. The SMILES string of the molecule is C1=Cc2cccc3cccc1c23.CC.CC.CC.CC.CC. The summed E-state index contributed by atoms with van der Waals surface area (Å²) < 4.78 is 0. The first-order chi connectivity index (χ1) is 10.9. The Labute approximate surface area is 140 Å². The van der Waals surface area contributed by atoms with Crippen molar-refractivity contribution in [2.75, 3.05) is 0 Å². The van der Waals surface area contributed by atoms with Crippen LogP contribution in [0.2, 0.25) is 0 Å². The third-order valence-corrected chi connectivity index (χ3v) is 2.41. The second kappa shape index (κ2) is 19.4. The molecule has 126 valence electrons. The smallest absolute Gasteiger partial charge is 0.00389 e. The van der Waals surface area contributed by atoms with Gasteiger partial charge in [-0.05, 0) is 21.9 Å². The zero-order valence-corrected chi connectivity index (χ0v) is 16.6. The van der Waals surface area contributed by atoms with E-state index < -0.39 is 0 Å². The largest absolute Gasteiger partial charge is 0.0683 e. The summed E-state index contributed by atoms with van der Waals surface area (Å²) in [6.45, 7) is 20.0. The van der Waals surface area contributed by atoms with E-state index in [2.05, 4.69) is 48.6 Å². The molecule has 0 radical (unpaired) electrons. The van der Waals surface area contributed by atoms with Crippen molar-refractivity contribution in [1.82, 2.24) is 0 Å². The molecule has 0 atom stereocenters. The van der Waals surface area contributed by atoms with Crippen molar-refractivity contribution in [3.8, 4) is 0 Å². The van der Waals surface area contributed by atoms with Gasteiger partial charge >= 0.3 is 0 Å². The highest BCUT2D eigenvalue weighted by Gasteiger charge is 2.06. The van der Waals surface area contributed by atoms with Crippen LogP contribution in [0.3, 0.4) is 0 Å². The Bertz CT molecular complexity index is 438. The molecular weight excluding hydrogens is 264 g/mol. The van der Waals surface area contributed by atoms with Crippen LogP contribution in [-0.4, -0.2) is 0 Å². The minimum Gasteiger partial charge on any atom is -0.0683 e. The molecule has 0 heterocycles. The Morgan fingerprint density at radius 2 is 0.773 bits per heavy atom. The zero-order chi connectivity index (χ0) is 18.0. The van der Waals surface area contributed by atoms with Crippen molar-refractivity contribution in [3.63, 3.8) is 0 Å². The highest BCUT2D eigenvalue weighted by molar-refractivity contribution is 6.04. The summed E-state index contributed by atoms with van der Waals surface area (Å²) in [6.07, 6.45) is 4.36. The van der Waals surface area contributed by atoms with Gasteiger partial charge in [0.15, 0.2) is 0 Å². The van der Waals surface area contributed by atoms with Crippen LogP contribution in [0.5, 0.6) is 0 Å². The van der Waals surface area contributed by atoms with Crippen molar-refractivity contribution in [2.45, 2.75) is 69.2 Å². The van der Waals surface area contributed by atoms with Crippen LogP contribution in [-0.2, 0) is 0 Å². The van der Waals surface area contributed by atoms with E-state index in [-0.39, 0.29) is 0 Å². The topological polar surface area (TPSA) is 0 Å². The number of hydrogen-bond acceptors (Lipinski definition) is 0. The van der Waals surface area contributed by atoms with Gasteiger partial charge in [0.25, 0.3) is 0 Å². The predicted molar refractivity (Wildman–Crippen MR) is 110 cm³/mol. The molecule has 0 nitrogen and oxygen atoms in total. The molecule has 0 bridgehead atoms. The van der Waals surface area contributed by atoms with E-state index in [9.17, 15) is 0 Å². The summed E-state index contributed by atoms with van der Waals surface area (Å²) in [6, 6.07) is 12.9. The fourth-order valence-electron chi connectivity index (χ4n) is 1.86. The van der Waals surface area contributed by atoms with E-state index in [1.54, 1.807) is 0 Å². The summed E-state index contributed by atoms with van der Waals surface area (Å²) in [5.41, 5.74) is 2.70. The Morgan fingerprint density at radius 3 is 1.09 bits per heavy atom. The van der Waals surface area contributed by atoms with E-state index in [0.717, 1.165) is 0 Å². The molecule has 0 spiro atoms. The molecule has 2 aromatic rings. The quantitative estimate of drug-likeness (QED) is 0.390. The average molecular weight is 303 g/mol. The molecule has 22 heavy (non-hydrogen) atoms. The summed E-state index contributed by atoms with van der Waals surface area (Å²) in [5, 5.41) is 2.75. The number of benzene rings is 2. The molecule has 0 aliphatic heterocycles. The minimum atomic E-state index is 1.34. The van der Waals surface area contributed by atoms with Crippen molar-refractivity contribution in [1.29, 1.82) is 0 Å². The van der Waals surface area contributed by atoms with Crippen LogP contribution in [0.4, 0.5) is 0 Å². The Morgan fingerprint density at radius 1 is 0.455 bits per heavy atom. The maximum atomic E-state index is 2.18. The first kappa shape index (κ1) is 25.4. The highest BCUT2D eigenvalue weighted by atomic mass is 14.1. The highest BCUT2D eigenvalue weighted by Crippen LogP contribution is 2.30. The lowest BCUT2D eigenvalue weighted by atomic mass is 10.0. The second-order valence-corrected chi connectivity index (χ2v) is 3.13. The molecule has 1 aliphatic rings. The van der Waals surface area contributed by atoms with Crippen molar-refractivity contribution in [2.24, 2.45) is 0 Å². The summed E-state index contributed by atoms with van der Waals surface area (Å²) >= 11 is 0.